The molecular formula is C15H16N6O3. The number of nitrogens with two attached hydrogens (primary N) is 1. The fraction of sp³-hybridized carbons (Fsp3) is 0.267. The largest absolute Gasteiger partial charge is 0.451 e. The minimum Gasteiger partial charge on any atom is -0.451 e. The highest BCUT2D eigenvalue weighted by Gasteiger charge is 2.37. The molecule has 0 aromatic carbocycles. The smallest absolute Gasteiger partial charge is 0.277 e. The van der Waals surface area contributed by atoms with E-state index in [9.17, 15) is 9.59 Å². The van der Waals surface area contributed by atoms with E-state index in [1.54, 1.807) is 26.1 Å². The van der Waals surface area contributed by atoms with Gasteiger partial charge in [0.1, 0.15) is 11.8 Å². The van der Waals surface area contributed by atoms with Crippen molar-refractivity contribution in [3.05, 3.63) is 42.4 Å². The van der Waals surface area contributed by atoms with E-state index in [2.05, 4.69) is 20.3 Å². The number of carbonyl (C=O) groups is 2. The molecule has 0 radical (unpaired) electrons. The van der Waals surface area contributed by atoms with Crippen molar-refractivity contribution >= 4 is 23.5 Å². The fourth-order valence-corrected chi connectivity index (χ4v) is 2.38. The Morgan fingerprint density at radius 3 is 2.92 bits per heavy atom. The molecule has 9 nitrogen and oxygen atoms in total. The molecule has 0 spiro atoms. The van der Waals surface area contributed by atoms with Crippen LogP contribution in [-0.4, -0.2) is 39.7 Å². The summed E-state index contributed by atoms with van der Waals surface area (Å²) in [5.41, 5.74) is 6.12. The third-order valence-corrected chi connectivity index (χ3v) is 3.81. The lowest BCUT2D eigenvalue weighted by atomic mass is 9.91. The molecule has 2 amide bonds. The SMILES string of the molecule is CN1C(=O)CC(C)(c2cc(NC(=O)c3cocn3)ccn2)N=C1N. The van der Waals surface area contributed by atoms with Crippen molar-refractivity contribution < 1.29 is 14.0 Å². The summed E-state index contributed by atoms with van der Waals surface area (Å²) >= 11 is 0. The molecule has 0 aliphatic carbocycles. The van der Waals surface area contributed by atoms with Gasteiger partial charge in [-0.2, -0.15) is 0 Å². The predicted molar refractivity (Wildman–Crippen MR) is 85.1 cm³/mol. The first-order chi connectivity index (χ1) is 11.4. The zero-order valence-corrected chi connectivity index (χ0v) is 13.2. The number of oxazole rings is 1. The second-order valence-corrected chi connectivity index (χ2v) is 5.63. The van der Waals surface area contributed by atoms with Gasteiger partial charge in [-0.15, -0.1) is 0 Å². The van der Waals surface area contributed by atoms with E-state index >= 15 is 0 Å². The normalized spacial score (nSPS) is 20.7. The predicted octanol–water partition coefficient (Wildman–Crippen LogP) is 0.714. The number of nitrogens with one attached hydrogen (secondary N) is 1. The highest BCUT2D eigenvalue weighted by atomic mass is 16.3. The molecule has 1 unspecified atom stereocenters. The highest BCUT2D eigenvalue weighted by molar-refractivity contribution is 6.02. The monoisotopic (exact) mass is 328 g/mol. The number of aromatic nitrogens is 2. The van der Waals surface area contributed by atoms with E-state index < -0.39 is 11.4 Å². The Kier molecular flexibility index (Phi) is 3.76. The Balaban J connectivity index is 1.88. The molecule has 3 rings (SSSR count). The van der Waals surface area contributed by atoms with Crippen LogP contribution in [0.15, 0.2) is 40.4 Å². The number of aliphatic imine (C=N–C) groups is 1. The Bertz CT molecular complexity index is 816. The molecule has 0 saturated carbocycles. The van der Waals surface area contributed by atoms with Crippen LogP contribution >= 0.6 is 0 Å². The van der Waals surface area contributed by atoms with Gasteiger partial charge in [0, 0.05) is 18.9 Å². The summed E-state index contributed by atoms with van der Waals surface area (Å²) in [6, 6.07) is 3.29. The van der Waals surface area contributed by atoms with Gasteiger partial charge in [0.05, 0.1) is 12.1 Å². The molecular weight excluding hydrogens is 312 g/mol. The van der Waals surface area contributed by atoms with Crippen molar-refractivity contribution in [3.8, 4) is 0 Å². The Labute approximate surface area is 137 Å². The Morgan fingerprint density at radius 2 is 2.25 bits per heavy atom. The number of hydrogen-bond acceptors (Lipinski definition) is 7. The second-order valence-electron chi connectivity index (χ2n) is 5.63. The Morgan fingerprint density at radius 1 is 1.46 bits per heavy atom. The van der Waals surface area contributed by atoms with Gasteiger partial charge in [0.25, 0.3) is 5.91 Å². The number of guanidine groups is 1. The molecule has 1 atom stereocenters. The van der Waals surface area contributed by atoms with Crippen LogP contribution in [0.3, 0.4) is 0 Å². The van der Waals surface area contributed by atoms with E-state index in [-0.39, 0.29) is 24.0 Å². The summed E-state index contributed by atoms with van der Waals surface area (Å²) in [4.78, 5) is 37.8. The van der Waals surface area contributed by atoms with Crippen LogP contribution in [0.5, 0.6) is 0 Å². The molecule has 0 fully saturated rings. The second kappa shape index (κ2) is 5.76. The van der Waals surface area contributed by atoms with Crippen LogP contribution in [0.4, 0.5) is 5.69 Å². The number of rotatable bonds is 3. The van der Waals surface area contributed by atoms with Gasteiger partial charge in [-0.05, 0) is 19.1 Å². The van der Waals surface area contributed by atoms with E-state index in [1.165, 1.54) is 23.8 Å². The lowest BCUT2D eigenvalue weighted by molar-refractivity contribution is -0.128. The summed E-state index contributed by atoms with van der Waals surface area (Å²) < 4.78 is 4.78. The van der Waals surface area contributed by atoms with Crippen LogP contribution in [-0.2, 0) is 10.3 Å². The lowest BCUT2D eigenvalue weighted by Gasteiger charge is -2.32. The van der Waals surface area contributed by atoms with Crippen LogP contribution in [0.25, 0.3) is 0 Å². The van der Waals surface area contributed by atoms with Crippen molar-refractivity contribution in [3.63, 3.8) is 0 Å². The van der Waals surface area contributed by atoms with E-state index in [4.69, 9.17) is 10.2 Å². The molecule has 2 aromatic heterocycles. The van der Waals surface area contributed by atoms with Crippen molar-refractivity contribution in [1.29, 1.82) is 0 Å². The van der Waals surface area contributed by atoms with Crippen molar-refractivity contribution in [2.24, 2.45) is 10.7 Å². The van der Waals surface area contributed by atoms with Gasteiger partial charge in [-0.25, -0.2) is 9.98 Å². The molecule has 0 bridgehead atoms. The van der Waals surface area contributed by atoms with Gasteiger partial charge in [-0.3, -0.25) is 19.5 Å². The highest BCUT2D eigenvalue weighted by Crippen LogP contribution is 2.32. The van der Waals surface area contributed by atoms with Gasteiger partial charge in [0.2, 0.25) is 5.91 Å². The first-order valence-corrected chi connectivity index (χ1v) is 7.17. The zero-order chi connectivity index (χ0) is 17.3. The van der Waals surface area contributed by atoms with Crippen LogP contribution in [0.2, 0.25) is 0 Å². The zero-order valence-electron chi connectivity index (χ0n) is 13.2. The molecule has 2 aromatic rings. The average Bonchev–Trinajstić information content (AvgIpc) is 3.07. The van der Waals surface area contributed by atoms with Crippen LogP contribution in [0.1, 0.15) is 29.5 Å². The van der Waals surface area contributed by atoms with Gasteiger partial charge in [-0.1, -0.05) is 0 Å². The molecule has 24 heavy (non-hydrogen) atoms. The molecule has 3 N–H and O–H groups in total. The van der Waals surface area contributed by atoms with Crippen molar-refractivity contribution in [2.45, 2.75) is 18.9 Å². The quantitative estimate of drug-likeness (QED) is 0.854. The molecule has 9 heteroatoms. The van der Waals surface area contributed by atoms with Crippen molar-refractivity contribution in [1.82, 2.24) is 14.9 Å². The number of amides is 2. The van der Waals surface area contributed by atoms with Gasteiger partial charge >= 0.3 is 0 Å². The van der Waals surface area contributed by atoms with Crippen LogP contribution < -0.4 is 11.1 Å². The lowest BCUT2D eigenvalue weighted by Crippen LogP contribution is -2.47. The van der Waals surface area contributed by atoms with Crippen LogP contribution in [0, 0.1) is 0 Å². The maximum absolute atomic E-state index is 12.1. The van der Waals surface area contributed by atoms with Gasteiger partial charge in [0.15, 0.2) is 18.0 Å². The maximum atomic E-state index is 12.1. The number of anilines is 1. The molecule has 3 heterocycles. The van der Waals surface area contributed by atoms with E-state index in [1.807, 2.05) is 0 Å². The standard InChI is InChI=1S/C15H16N6O3/c1-15(6-12(22)21(2)14(16)20-15)11-5-9(3-4-17-11)19-13(23)10-7-24-8-18-10/h3-5,7-8H,6H2,1-2H3,(H2,16,20)(H,17,19,23). The van der Waals surface area contributed by atoms with E-state index in [0.29, 0.717) is 11.4 Å². The molecule has 1 aliphatic heterocycles. The number of nitrogens with zero attached hydrogens (tertiary/aromatic N) is 4. The topological polar surface area (TPSA) is 127 Å². The van der Waals surface area contributed by atoms with E-state index in [0.717, 1.165) is 0 Å². The minimum absolute atomic E-state index is 0.132. The number of carbonyl (C=O) groups excluding carboxylic acids is 2. The summed E-state index contributed by atoms with van der Waals surface area (Å²) in [7, 11) is 1.57. The number of hydrogen-bond donors (Lipinski definition) is 2. The fourth-order valence-electron chi connectivity index (χ4n) is 2.38. The third-order valence-electron chi connectivity index (χ3n) is 3.81. The summed E-state index contributed by atoms with van der Waals surface area (Å²) in [5.74, 6) is -0.426. The minimum atomic E-state index is -0.887. The maximum Gasteiger partial charge on any atom is 0.277 e. The summed E-state index contributed by atoms with van der Waals surface area (Å²) in [6.45, 7) is 1.77. The van der Waals surface area contributed by atoms with Gasteiger partial charge < -0.3 is 15.5 Å². The Hall–Kier alpha value is -3.23. The summed E-state index contributed by atoms with van der Waals surface area (Å²) in [5, 5.41) is 2.70. The molecule has 0 saturated heterocycles. The summed E-state index contributed by atoms with van der Waals surface area (Å²) in [6.07, 6.45) is 4.10. The number of pyridine rings is 1. The molecule has 1 aliphatic rings. The molecule has 124 valence electrons. The first kappa shape index (κ1) is 15.7. The average molecular weight is 328 g/mol. The van der Waals surface area contributed by atoms with Crippen molar-refractivity contribution in [2.75, 3.05) is 12.4 Å². The first-order valence-electron chi connectivity index (χ1n) is 7.17. The third kappa shape index (κ3) is 2.83.